The monoisotopic (exact) mass is 250 g/mol. The number of aliphatic hydroxyl groups excluding tert-OH is 1. The molecule has 0 aromatic carbocycles. The molecule has 2 aromatic rings. The average Bonchev–Trinajstić information content (AvgIpc) is 2.78. The van der Waals surface area contributed by atoms with Crippen LogP contribution in [0, 0.1) is 0 Å². The number of hydrogen-bond acceptors (Lipinski definition) is 6. The minimum absolute atomic E-state index is 0.147. The average molecular weight is 250 g/mol. The molecular weight excluding hydrogens is 236 g/mol. The van der Waals surface area contributed by atoms with Crippen molar-refractivity contribution in [3.05, 3.63) is 34.9 Å². The van der Waals surface area contributed by atoms with Crippen molar-refractivity contribution in [2.24, 2.45) is 0 Å². The molecule has 0 fully saturated rings. The molecule has 2 rings (SSSR count). The highest BCUT2D eigenvalue weighted by molar-refractivity contribution is 7.05. The third-order valence-corrected chi connectivity index (χ3v) is 3.11. The van der Waals surface area contributed by atoms with Crippen LogP contribution >= 0.6 is 11.5 Å². The summed E-state index contributed by atoms with van der Waals surface area (Å²) in [7, 11) is 0. The molecule has 2 aromatic heterocycles. The first kappa shape index (κ1) is 12.1. The number of aromatic nitrogens is 4. The van der Waals surface area contributed by atoms with Gasteiger partial charge in [-0.05, 0) is 11.5 Å². The lowest BCUT2D eigenvalue weighted by Gasteiger charge is -2.18. The molecule has 0 bridgehead atoms. The van der Waals surface area contributed by atoms with Gasteiger partial charge in [-0.15, -0.1) is 5.10 Å². The first-order valence-electron chi connectivity index (χ1n) is 5.27. The Labute approximate surface area is 104 Å². The van der Waals surface area contributed by atoms with Crippen LogP contribution in [0.25, 0.3) is 0 Å². The SMILES string of the molecule is CC(C)(C)c1nnsc1C(O)c1cnccn1. The Balaban J connectivity index is 2.39. The van der Waals surface area contributed by atoms with Crippen LogP contribution in [-0.2, 0) is 5.41 Å². The van der Waals surface area contributed by atoms with Gasteiger partial charge < -0.3 is 5.11 Å². The minimum Gasteiger partial charge on any atom is -0.381 e. The summed E-state index contributed by atoms with van der Waals surface area (Å²) in [6, 6.07) is 0. The van der Waals surface area contributed by atoms with Crippen molar-refractivity contribution in [3.63, 3.8) is 0 Å². The van der Waals surface area contributed by atoms with Gasteiger partial charge in [0.2, 0.25) is 0 Å². The molecule has 0 aliphatic carbocycles. The molecule has 6 heteroatoms. The van der Waals surface area contributed by atoms with Crippen molar-refractivity contribution in [3.8, 4) is 0 Å². The highest BCUT2D eigenvalue weighted by atomic mass is 32.1. The van der Waals surface area contributed by atoms with Gasteiger partial charge >= 0.3 is 0 Å². The fraction of sp³-hybridized carbons (Fsp3) is 0.455. The molecule has 17 heavy (non-hydrogen) atoms. The summed E-state index contributed by atoms with van der Waals surface area (Å²) in [6.45, 7) is 6.11. The van der Waals surface area contributed by atoms with E-state index in [2.05, 4.69) is 19.6 Å². The van der Waals surface area contributed by atoms with E-state index in [0.29, 0.717) is 5.69 Å². The van der Waals surface area contributed by atoms with E-state index in [1.54, 1.807) is 18.6 Å². The third-order valence-electron chi connectivity index (χ3n) is 2.34. The van der Waals surface area contributed by atoms with Crippen molar-refractivity contribution in [2.45, 2.75) is 32.3 Å². The molecule has 5 nitrogen and oxygen atoms in total. The molecule has 1 atom stereocenters. The van der Waals surface area contributed by atoms with E-state index in [9.17, 15) is 5.11 Å². The Hall–Kier alpha value is -1.40. The van der Waals surface area contributed by atoms with Crippen LogP contribution in [-0.4, -0.2) is 24.7 Å². The van der Waals surface area contributed by atoms with Crippen molar-refractivity contribution in [1.82, 2.24) is 19.6 Å². The summed E-state index contributed by atoms with van der Waals surface area (Å²) in [6.07, 6.45) is 3.88. The van der Waals surface area contributed by atoms with E-state index in [1.165, 1.54) is 11.5 Å². The van der Waals surface area contributed by atoms with E-state index in [0.717, 1.165) is 10.6 Å². The molecule has 0 aliphatic rings. The van der Waals surface area contributed by atoms with E-state index in [4.69, 9.17) is 0 Å². The predicted molar refractivity (Wildman–Crippen MR) is 64.7 cm³/mol. The van der Waals surface area contributed by atoms with Crippen LogP contribution in [0.5, 0.6) is 0 Å². The maximum atomic E-state index is 10.3. The van der Waals surface area contributed by atoms with Crippen LogP contribution < -0.4 is 0 Å². The Morgan fingerprint density at radius 2 is 2.06 bits per heavy atom. The van der Waals surface area contributed by atoms with Crippen molar-refractivity contribution >= 4 is 11.5 Å². The quantitative estimate of drug-likeness (QED) is 0.878. The largest absolute Gasteiger partial charge is 0.381 e. The zero-order valence-electron chi connectivity index (χ0n) is 9.95. The molecule has 0 amide bonds. The summed E-state index contributed by atoms with van der Waals surface area (Å²) in [5.41, 5.74) is 1.18. The van der Waals surface area contributed by atoms with Gasteiger partial charge in [0.25, 0.3) is 0 Å². The molecule has 0 aliphatic heterocycles. The molecular formula is C11H14N4OS. The molecule has 90 valence electrons. The summed E-state index contributed by atoms with van der Waals surface area (Å²) < 4.78 is 3.92. The van der Waals surface area contributed by atoms with Gasteiger partial charge in [0, 0.05) is 17.8 Å². The third kappa shape index (κ3) is 2.48. The van der Waals surface area contributed by atoms with Gasteiger partial charge in [-0.25, -0.2) is 0 Å². The van der Waals surface area contributed by atoms with Crippen molar-refractivity contribution in [1.29, 1.82) is 0 Å². The molecule has 2 heterocycles. The lowest BCUT2D eigenvalue weighted by atomic mass is 9.90. The molecule has 1 N–H and O–H groups in total. The molecule has 0 saturated heterocycles. The second-order valence-electron chi connectivity index (χ2n) is 4.77. The summed E-state index contributed by atoms with van der Waals surface area (Å²) in [4.78, 5) is 8.78. The van der Waals surface area contributed by atoms with Gasteiger partial charge in [0.05, 0.1) is 22.5 Å². The number of hydrogen-bond donors (Lipinski definition) is 1. The fourth-order valence-electron chi connectivity index (χ4n) is 1.48. The van der Waals surface area contributed by atoms with Crippen molar-refractivity contribution in [2.75, 3.05) is 0 Å². The summed E-state index contributed by atoms with van der Waals surface area (Å²) in [5, 5.41) is 14.3. The van der Waals surface area contributed by atoms with E-state index in [-0.39, 0.29) is 5.41 Å². The van der Waals surface area contributed by atoms with Crippen LogP contribution in [0.15, 0.2) is 18.6 Å². The normalized spacial score (nSPS) is 13.6. The summed E-state index contributed by atoms with van der Waals surface area (Å²) >= 11 is 1.20. The second kappa shape index (κ2) is 4.46. The Bertz CT molecular complexity index is 492. The minimum atomic E-state index is -0.807. The van der Waals surface area contributed by atoms with Gasteiger partial charge in [0.15, 0.2) is 0 Å². The number of aliphatic hydroxyl groups is 1. The smallest absolute Gasteiger partial charge is 0.135 e. The first-order chi connectivity index (χ1) is 8.00. The molecule has 0 radical (unpaired) electrons. The maximum Gasteiger partial charge on any atom is 0.135 e. The van der Waals surface area contributed by atoms with Crippen LogP contribution in [0.1, 0.15) is 43.1 Å². The zero-order valence-corrected chi connectivity index (χ0v) is 10.8. The zero-order chi connectivity index (χ0) is 12.5. The topological polar surface area (TPSA) is 71.8 Å². The lowest BCUT2D eigenvalue weighted by molar-refractivity contribution is 0.215. The Kier molecular flexibility index (Phi) is 3.17. The maximum absolute atomic E-state index is 10.3. The standard InChI is InChI=1S/C11H14N4OS/c1-11(2,3)10-9(17-15-14-10)8(16)7-6-12-4-5-13-7/h4-6,8,16H,1-3H3. The first-order valence-corrected chi connectivity index (χ1v) is 6.04. The molecule has 1 unspecified atom stereocenters. The summed E-state index contributed by atoms with van der Waals surface area (Å²) in [5.74, 6) is 0. The van der Waals surface area contributed by atoms with Crippen molar-refractivity contribution < 1.29 is 5.11 Å². The number of rotatable bonds is 2. The highest BCUT2D eigenvalue weighted by Crippen LogP contribution is 2.32. The lowest BCUT2D eigenvalue weighted by Crippen LogP contribution is -2.16. The Morgan fingerprint density at radius 3 is 2.65 bits per heavy atom. The number of nitrogens with zero attached hydrogens (tertiary/aromatic N) is 4. The van der Waals surface area contributed by atoms with E-state index < -0.39 is 6.10 Å². The van der Waals surface area contributed by atoms with Gasteiger partial charge in [-0.2, -0.15) is 0 Å². The van der Waals surface area contributed by atoms with Crippen LogP contribution in [0.3, 0.4) is 0 Å². The molecule has 0 spiro atoms. The predicted octanol–water partition coefficient (Wildman–Crippen LogP) is 1.71. The second-order valence-corrected chi connectivity index (χ2v) is 5.55. The Morgan fingerprint density at radius 1 is 1.29 bits per heavy atom. The van der Waals surface area contributed by atoms with Gasteiger partial charge in [-0.1, -0.05) is 25.3 Å². The molecule has 0 saturated carbocycles. The van der Waals surface area contributed by atoms with Gasteiger partial charge in [-0.3, -0.25) is 9.97 Å². The van der Waals surface area contributed by atoms with Crippen LogP contribution in [0.2, 0.25) is 0 Å². The van der Waals surface area contributed by atoms with Crippen LogP contribution in [0.4, 0.5) is 0 Å². The fourth-order valence-corrected chi connectivity index (χ4v) is 2.35. The van der Waals surface area contributed by atoms with Gasteiger partial charge in [0.1, 0.15) is 6.10 Å². The van der Waals surface area contributed by atoms with E-state index in [1.807, 2.05) is 20.8 Å². The van der Waals surface area contributed by atoms with E-state index >= 15 is 0 Å². The highest BCUT2D eigenvalue weighted by Gasteiger charge is 2.27.